The lowest BCUT2D eigenvalue weighted by Gasteiger charge is -2.35. The molecule has 1 fully saturated rings. The third-order valence-corrected chi connectivity index (χ3v) is 3.51. The molecule has 7 nitrogen and oxygen atoms in total. The average molecular weight is 307 g/mol. The quantitative estimate of drug-likeness (QED) is 0.798. The Kier molecular flexibility index (Phi) is 5.31. The summed E-state index contributed by atoms with van der Waals surface area (Å²) in [6.07, 6.45) is 0. The molecule has 22 heavy (non-hydrogen) atoms. The van der Waals surface area contributed by atoms with E-state index in [-0.39, 0.29) is 11.9 Å². The van der Waals surface area contributed by atoms with Crippen molar-refractivity contribution in [2.75, 3.05) is 59.4 Å². The number of amides is 1. The van der Waals surface area contributed by atoms with Crippen LogP contribution < -0.4 is 4.90 Å². The van der Waals surface area contributed by atoms with Gasteiger partial charge < -0.3 is 19.4 Å². The molecule has 122 valence electrons. The van der Waals surface area contributed by atoms with Crippen LogP contribution in [0.25, 0.3) is 0 Å². The number of morpholine rings is 1. The molecule has 0 bridgehead atoms. The maximum atomic E-state index is 12.5. The van der Waals surface area contributed by atoms with Crippen LogP contribution in [0.15, 0.2) is 6.07 Å². The second-order valence-electron chi connectivity index (χ2n) is 6.04. The Bertz CT molecular complexity index is 533. The second kappa shape index (κ2) is 7.02. The Hall–Kier alpha value is -1.73. The summed E-state index contributed by atoms with van der Waals surface area (Å²) in [7, 11) is 7.66. The van der Waals surface area contributed by atoms with Gasteiger partial charge in [-0.05, 0) is 21.0 Å². The Balaban J connectivity index is 2.29. The zero-order chi connectivity index (χ0) is 16.3. The molecular formula is C15H25N5O2. The van der Waals surface area contributed by atoms with Crippen molar-refractivity contribution in [1.29, 1.82) is 0 Å². The van der Waals surface area contributed by atoms with E-state index < -0.39 is 0 Å². The summed E-state index contributed by atoms with van der Waals surface area (Å²) in [4.78, 5) is 27.2. The van der Waals surface area contributed by atoms with Crippen molar-refractivity contribution >= 4 is 11.7 Å². The fourth-order valence-corrected chi connectivity index (χ4v) is 2.43. The van der Waals surface area contributed by atoms with Crippen LogP contribution in [0.1, 0.15) is 17.6 Å². The first kappa shape index (κ1) is 16.6. The van der Waals surface area contributed by atoms with E-state index in [2.05, 4.69) is 9.97 Å². The van der Waals surface area contributed by atoms with E-state index >= 15 is 0 Å². The normalized spacial score (nSPS) is 18.6. The van der Waals surface area contributed by atoms with Gasteiger partial charge in [0.25, 0.3) is 0 Å². The highest BCUT2D eigenvalue weighted by Gasteiger charge is 2.31. The van der Waals surface area contributed by atoms with Gasteiger partial charge >= 0.3 is 0 Å². The highest BCUT2D eigenvalue weighted by molar-refractivity contribution is 5.78. The van der Waals surface area contributed by atoms with Crippen LogP contribution >= 0.6 is 0 Å². The maximum absolute atomic E-state index is 12.5. The summed E-state index contributed by atoms with van der Waals surface area (Å²) in [6, 6.07) is 1.71. The summed E-state index contributed by atoms with van der Waals surface area (Å²) in [5.74, 6) is 1.57. The minimum Gasteiger partial charge on any atom is -0.377 e. The fourth-order valence-electron chi connectivity index (χ4n) is 2.43. The van der Waals surface area contributed by atoms with Gasteiger partial charge in [0.15, 0.2) is 5.82 Å². The summed E-state index contributed by atoms with van der Waals surface area (Å²) in [5, 5.41) is 0. The Morgan fingerprint density at radius 2 is 2.09 bits per heavy atom. The molecule has 1 aliphatic heterocycles. The zero-order valence-corrected chi connectivity index (χ0v) is 14.0. The number of ether oxygens (including phenoxy) is 1. The topological polar surface area (TPSA) is 61.8 Å². The second-order valence-corrected chi connectivity index (χ2v) is 6.04. The van der Waals surface area contributed by atoms with Crippen LogP contribution in [0.2, 0.25) is 0 Å². The molecule has 2 rings (SSSR count). The molecule has 1 aromatic rings. The molecule has 1 aromatic heterocycles. The van der Waals surface area contributed by atoms with Crippen LogP contribution in [0.4, 0.5) is 5.82 Å². The molecule has 1 aliphatic rings. The molecule has 0 radical (unpaired) electrons. The van der Waals surface area contributed by atoms with E-state index in [0.29, 0.717) is 32.1 Å². The third-order valence-electron chi connectivity index (χ3n) is 3.51. The van der Waals surface area contributed by atoms with E-state index in [1.54, 1.807) is 0 Å². The summed E-state index contributed by atoms with van der Waals surface area (Å²) in [5.41, 5.74) is 0.888. The number of carbonyl (C=O) groups excluding carboxylic acids is 1. The molecule has 0 aliphatic carbocycles. The van der Waals surface area contributed by atoms with E-state index in [9.17, 15) is 4.79 Å². The van der Waals surface area contributed by atoms with Gasteiger partial charge in [-0.2, -0.15) is 0 Å². The fraction of sp³-hybridized carbons (Fsp3) is 0.667. The number of anilines is 1. The minimum atomic E-state index is -0.222. The minimum absolute atomic E-state index is 0.0785. The molecule has 0 N–H and O–H groups in total. The number of rotatable bonds is 4. The molecule has 1 atom stereocenters. The molecule has 2 heterocycles. The molecule has 7 heteroatoms. The van der Waals surface area contributed by atoms with Gasteiger partial charge in [-0.25, -0.2) is 9.97 Å². The lowest BCUT2D eigenvalue weighted by Crippen LogP contribution is -2.47. The maximum Gasteiger partial charge on any atom is 0.237 e. The van der Waals surface area contributed by atoms with Gasteiger partial charge in [0.2, 0.25) is 5.91 Å². The van der Waals surface area contributed by atoms with Gasteiger partial charge in [0, 0.05) is 32.4 Å². The van der Waals surface area contributed by atoms with Crippen molar-refractivity contribution in [2.24, 2.45) is 0 Å². The van der Waals surface area contributed by atoms with E-state index in [4.69, 9.17) is 4.74 Å². The predicted molar refractivity (Wildman–Crippen MR) is 84.9 cm³/mol. The average Bonchev–Trinajstić information content (AvgIpc) is 2.45. The predicted octanol–water partition coefficient (Wildman–Crippen LogP) is 0.313. The number of hydrogen-bond acceptors (Lipinski definition) is 6. The third kappa shape index (κ3) is 3.92. The number of aromatic nitrogens is 2. The lowest BCUT2D eigenvalue weighted by atomic mass is 10.2. The van der Waals surface area contributed by atoms with Gasteiger partial charge in [0.05, 0.1) is 19.8 Å². The van der Waals surface area contributed by atoms with E-state index in [1.165, 1.54) is 0 Å². The van der Waals surface area contributed by atoms with E-state index in [1.807, 2.05) is 55.9 Å². The lowest BCUT2D eigenvalue weighted by molar-refractivity contribution is -0.141. The first-order valence-corrected chi connectivity index (χ1v) is 7.43. The first-order chi connectivity index (χ1) is 10.4. The summed E-state index contributed by atoms with van der Waals surface area (Å²) in [6.45, 7) is 3.89. The number of carbonyl (C=O) groups is 1. The first-order valence-electron chi connectivity index (χ1n) is 7.43. The van der Waals surface area contributed by atoms with Gasteiger partial charge in [-0.15, -0.1) is 0 Å². The molecule has 1 saturated heterocycles. The van der Waals surface area contributed by atoms with Gasteiger partial charge in [0.1, 0.15) is 11.9 Å². The van der Waals surface area contributed by atoms with Crippen LogP contribution in [-0.2, 0) is 9.53 Å². The Morgan fingerprint density at radius 1 is 1.36 bits per heavy atom. The molecule has 0 saturated carbocycles. The number of nitrogens with zero attached hydrogens (tertiary/aromatic N) is 5. The number of aryl methyl sites for hydroxylation is 1. The molecule has 0 spiro atoms. The van der Waals surface area contributed by atoms with Crippen LogP contribution in [0.3, 0.4) is 0 Å². The van der Waals surface area contributed by atoms with Gasteiger partial charge in [-0.3, -0.25) is 4.79 Å². The highest BCUT2D eigenvalue weighted by Crippen LogP contribution is 2.23. The molecule has 1 unspecified atom stereocenters. The number of likely N-dealkylation sites (N-methyl/N-ethyl adjacent to an activating group) is 1. The monoisotopic (exact) mass is 307 g/mol. The Morgan fingerprint density at radius 3 is 2.73 bits per heavy atom. The smallest absolute Gasteiger partial charge is 0.237 e. The van der Waals surface area contributed by atoms with Crippen molar-refractivity contribution in [1.82, 2.24) is 19.8 Å². The molecule has 0 aromatic carbocycles. The standard InChI is InChI=1S/C15H25N5O2/c1-11-8-13(19(4)5)17-15(16-11)12-10-22-7-6-20(12)14(21)9-18(2)3/h8,12H,6-7,9-10H2,1-5H3. The summed E-state index contributed by atoms with van der Waals surface area (Å²) < 4.78 is 5.56. The van der Waals surface area contributed by atoms with E-state index in [0.717, 1.165) is 11.5 Å². The van der Waals surface area contributed by atoms with Crippen molar-refractivity contribution in [3.05, 3.63) is 17.6 Å². The Labute approximate surface area is 131 Å². The largest absolute Gasteiger partial charge is 0.377 e. The molecule has 1 amide bonds. The van der Waals surface area contributed by atoms with Crippen LogP contribution in [-0.4, -0.2) is 80.2 Å². The summed E-state index contributed by atoms with van der Waals surface area (Å²) >= 11 is 0. The SMILES string of the molecule is Cc1cc(N(C)C)nc(C2COCCN2C(=O)CN(C)C)n1. The van der Waals surface area contributed by atoms with Crippen molar-refractivity contribution in [3.8, 4) is 0 Å². The highest BCUT2D eigenvalue weighted by atomic mass is 16.5. The van der Waals surface area contributed by atoms with Crippen LogP contribution in [0.5, 0.6) is 0 Å². The van der Waals surface area contributed by atoms with Crippen molar-refractivity contribution in [2.45, 2.75) is 13.0 Å². The van der Waals surface area contributed by atoms with Crippen LogP contribution in [0, 0.1) is 6.92 Å². The van der Waals surface area contributed by atoms with Gasteiger partial charge in [-0.1, -0.05) is 0 Å². The zero-order valence-electron chi connectivity index (χ0n) is 14.0. The van der Waals surface area contributed by atoms with Crippen molar-refractivity contribution in [3.63, 3.8) is 0 Å². The molecular weight excluding hydrogens is 282 g/mol. The number of hydrogen-bond donors (Lipinski definition) is 0. The van der Waals surface area contributed by atoms with Crippen molar-refractivity contribution < 1.29 is 9.53 Å².